The van der Waals surface area contributed by atoms with Crippen molar-refractivity contribution in [2.75, 3.05) is 25.6 Å². The molecule has 26 heavy (non-hydrogen) atoms. The zero-order valence-corrected chi connectivity index (χ0v) is 14.7. The minimum absolute atomic E-state index is 0.122. The smallest absolute Gasteiger partial charge is 0.228 e. The van der Waals surface area contributed by atoms with Gasteiger partial charge in [0.15, 0.2) is 0 Å². The first-order chi connectivity index (χ1) is 12.7. The van der Waals surface area contributed by atoms with Gasteiger partial charge in [0.1, 0.15) is 5.75 Å². The lowest BCUT2D eigenvalue weighted by Crippen LogP contribution is -2.36. The molecule has 6 heteroatoms. The van der Waals surface area contributed by atoms with Gasteiger partial charge in [0.05, 0.1) is 26.2 Å². The van der Waals surface area contributed by atoms with E-state index in [-0.39, 0.29) is 18.2 Å². The molecule has 1 aliphatic rings. The monoisotopic (exact) mass is 354 g/mol. The molecule has 1 heterocycles. The van der Waals surface area contributed by atoms with Gasteiger partial charge in [-0.25, -0.2) is 0 Å². The van der Waals surface area contributed by atoms with E-state index in [1.165, 1.54) is 0 Å². The number of carbonyl (C=O) groups is 2. The Morgan fingerprint density at radius 1 is 1.23 bits per heavy atom. The normalized spacial score (nSPS) is 15.7. The van der Waals surface area contributed by atoms with Crippen LogP contribution in [0.1, 0.15) is 23.5 Å². The summed E-state index contributed by atoms with van der Waals surface area (Å²) in [6.07, 6.45) is 0.122. The highest BCUT2D eigenvalue weighted by molar-refractivity contribution is 6.01. The average Bonchev–Trinajstić information content (AvgIpc) is 2.67. The van der Waals surface area contributed by atoms with Crippen LogP contribution in [0.2, 0.25) is 0 Å². The van der Waals surface area contributed by atoms with Gasteiger partial charge >= 0.3 is 0 Å². The van der Waals surface area contributed by atoms with Crippen LogP contribution in [-0.4, -0.2) is 32.1 Å². The summed E-state index contributed by atoms with van der Waals surface area (Å²) in [4.78, 5) is 24.4. The third kappa shape index (κ3) is 4.40. The Hall–Kier alpha value is -2.86. The number of anilines is 1. The largest absolute Gasteiger partial charge is 0.497 e. The second kappa shape index (κ2) is 8.49. The van der Waals surface area contributed by atoms with Crippen LogP contribution in [-0.2, 0) is 20.9 Å². The molecule has 3 rings (SSSR count). The summed E-state index contributed by atoms with van der Waals surface area (Å²) in [5.41, 5.74) is 2.51. The van der Waals surface area contributed by atoms with E-state index in [0.717, 1.165) is 11.1 Å². The van der Waals surface area contributed by atoms with E-state index in [2.05, 4.69) is 10.6 Å². The Labute approximate surface area is 152 Å². The van der Waals surface area contributed by atoms with Crippen LogP contribution in [0.25, 0.3) is 0 Å². The van der Waals surface area contributed by atoms with E-state index in [1.54, 1.807) is 25.3 Å². The molecule has 0 aromatic heterocycles. The summed E-state index contributed by atoms with van der Waals surface area (Å²) in [7, 11) is 1.57. The molecule has 0 spiro atoms. The number of hydrogen-bond acceptors (Lipinski definition) is 4. The molecule has 0 saturated heterocycles. The Kier molecular flexibility index (Phi) is 5.86. The fourth-order valence-corrected chi connectivity index (χ4v) is 2.93. The van der Waals surface area contributed by atoms with Gasteiger partial charge in [-0.3, -0.25) is 9.59 Å². The molecule has 1 atom stereocenters. The number of hydrogen-bond donors (Lipinski definition) is 2. The Bertz CT molecular complexity index is 777. The number of carbonyl (C=O) groups excluding carboxylic acids is 2. The molecule has 0 bridgehead atoms. The third-order valence-corrected chi connectivity index (χ3v) is 4.27. The van der Waals surface area contributed by atoms with Crippen LogP contribution in [0.5, 0.6) is 5.75 Å². The molecule has 0 aliphatic carbocycles. The first kappa shape index (κ1) is 17.9. The third-order valence-electron chi connectivity index (χ3n) is 4.27. The summed E-state index contributed by atoms with van der Waals surface area (Å²) < 4.78 is 10.8. The van der Waals surface area contributed by atoms with Crippen molar-refractivity contribution in [1.82, 2.24) is 5.32 Å². The summed E-state index contributed by atoms with van der Waals surface area (Å²) in [5, 5.41) is 5.64. The number of benzene rings is 2. The summed E-state index contributed by atoms with van der Waals surface area (Å²) >= 11 is 0. The van der Waals surface area contributed by atoms with E-state index in [9.17, 15) is 9.59 Å². The molecule has 2 amide bonds. The SMILES string of the molecule is COc1ccc2c(c1)[C@H](C(=O)NCCOCc1ccccc1)CC(=O)N2. The molecular formula is C20H22N2O4. The molecule has 0 saturated carbocycles. The second-order valence-electron chi connectivity index (χ2n) is 6.09. The highest BCUT2D eigenvalue weighted by Crippen LogP contribution is 2.34. The van der Waals surface area contributed by atoms with Crippen molar-refractivity contribution in [2.45, 2.75) is 18.9 Å². The van der Waals surface area contributed by atoms with Gasteiger partial charge in [0, 0.05) is 18.7 Å². The van der Waals surface area contributed by atoms with Crippen molar-refractivity contribution in [3.05, 3.63) is 59.7 Å². The van der Waals surface area contributed by atoms with E-state index in [0.29, 0.717) is 31.2 Å². The number of nitrogens with one attached hydrogen (secondary N) is 2. The van der Waals surface area contributed by atoms with E-state index < -0.39 is 5.92 Å². The Morgan fingerprint density at radius 3 is 2.81 bits per heavy atom. The van der Waals surface area contributed by atoms with Gasteiger partial charge in [-0.1, -0.05) is 30.3 Å². The van der Waals surface area contributed by atoms with Crippen molar-refractivity contribution in [2.24, 2.45) is 0 Å². The highest BCUT2D eigenvalue weighted by atomic mass is 16.5. The first-order valence-electron chi connectivity index (χ1n) is 8.54. The molecular weight excluding hydrogens is 332 g/mol. The molecule has 0 unspecified atom stereocenters. The number of fused-ring (bicyclic) bond motifs is 1. The number of methoxy groups -OCH3 is 1. The van der Waals surface area contributed by atoms with Crippen molar-refractivity contribution in [1.29, 1.82) is 0 Å². The predicted molar refractivity (Wildman–Crippen MR) is 98.1 cm³/mol. The molecule has 0 radical (unpaired) electrons. The van der Waals surface area contributed by atoms with E-state index in [4.69, 9.17) is 9.47 Å². The lowest BCUT2D eigenvalue weighted by atomic mass is 9.89. The highest BCUT2D eigenvalue weighted by Gasteiger charge is 2.30. The van der Waals surface area contributed by atoms with Crippen LogP contribution >= 0.6 is 0 Å². The predicted octanol–water partition coefficient (Wildman–Crippen LogP) is 2.45. The summed E-state index contributed by atoms with van der Waals surface area (Å²) in [6.45, 7) is 1.30. The molecule has 6 nitrogen and oxygen atoms in total. The summed E-state index contributed by atoms with van der Waals surface area (Å²) in [6, 6.07) is 15.2. The van der Waals surface area contributed by atoms with Gasteiger partial charge in [0.25, 0.3) is 0 Å². The van der Waals surface area contributed by atoms with Crippen molar-refractivity contribution >= 4 is 17.5 Å². The van der Waals surface area contributed by atoms with Crippen LogP contribution < -0.4 is 15.4 Å². The quantitative estimate of drug-likeness (QED) is 0.749. The van der Waals surface area contributed by atoms with Gasteiger partial charge in [-0.2, -0.15) is 0 Å². The van der Waals surface area contributed by atoms with Gasteiger partial charge in [0.2, 0.25) is 11.8 Å². The maximum absolute atomic E-state index is 12.6. The van der Waals surface area contributed by atoms with Gasteiger partial charge < -0.3 is 20.1 Å². The first-order valence-corrected chi connectivity index (χ1v) is 8.54. The fraction of sp³-hybridized carbons (Fsp3) is 0.300. The van der Waals surface area contributed by atoms with Crippen molar-refractivity contribution < 1.29 is 19.1 Å². The van der Waals surface area contributed by atoms with Crippen LogP contribution in [0.4, 0.5) is 5.69 Å². The molecule has 0 fully saturated rings. The van der Waals surface area contributed by atoms with E-state index >= 15 is 0 Å². The van der Waals surface area contributed by atoms with Crippen LogP contribution in [0, 0.1) is 0 Å². The zero-order chi connectivity index (χ0) is 18.4. The Balaban J connectivity index is 1.54. The van der Waals surface area contributed by atoms with Crippen LogP contribution in [0.3, 0.4) is 0 Å². The summed E-state index contributed by atoms with van der Waals surface area (Å²) in [5.74, 6) is -0.215. The van der Waals surface area contributed by atoms with Crippen LogP contribution in [0.15, 0.2) is 48.5 Å². The lowest BCUT2D eigenvalue weighted by molar-refractivity contribution is -0.126. The van der Waals surface area contributed by atoms with E-state index in [1.807, 2.05) is 30.3 Å². The minimum Gasteiger partial charge on any atom is -0.497 e. The number of amides is 2. The fourth-order valence-electron chi connectivity index (χ4n) is 2.93. The maximum atomic E-state index is 12.6. The standard InChI is InChI=1S/C20H22N2O4/c1-25-15-7-8-18-16(11-15)17(12-19(23)22-18)20(24)21-9-10-26-13-14-5-3-2-4-6-14/h2-8,11,17H,9-10,12-13H2,1H3,(H,21,24)(H,22,23)/t17-/m1/s1. The van der Waals surface area contributed by atoms with Crippen molar-refractivity contribution in [3.8, 4) is 5.75 Å². The molecule has 1 aliphatic heterocycles. The lowest BCUT2D eigenvalue weighted by Gasteiger charge is -2.25. The molecule has 2 aromatic rings. The molecule has 2 N–H and O–H groups in total. The number of rotatable bonds is 7. The Morgan fingerprint density at radius 2 is 2.04 bits per heavy atom. The van der Waals surface area contributed by atoms with Crippen molar-refractivity contribution in [3.63, 3.8) is 0 Å². The molecule has 136 valence electrons. The minimum atomic E-state index is -0.525. The van der Waals surface area contributed by atoms with Gasteiger partial charge in [-0.05, 0) is 29.3 Å². The maximum Gasteiger partial charge on any atom is 0.228 e. The number of ether oxygens (including phenoxy) is 2. The zero-order valence-electron chi connectivity index (χ0n) is 14.7. The van der Waals surface area contributed by atoms with Gasteiger partial charge in [-0.15, -0.1) is 0 Å². The average molecular weight is 354 g/mol. The molecule has 2 aromatic carbocycles. The second-order valence-corrected chi connectivity index (χ2v) is 6.09. The topological polar surface area (TPSA) is 76.7 Å².